The average molecular weight is 380 g/mol. The van der Waals surface area contributed by atoms with E-state index in [1.165, 1.54) is 0 Å². The van der Waals surface area contributed by atoms with E-state index >= 15 is 0 Å². The Hall–Kier alpha value is -0.260. The normalized spacial score (nSPS) is 17.0. The quantitative estimate of drug-likeness (QED) is 0.724. The van der Waals surface area contributed by atoms with Crippen LogP contribution in [0.25, 0.3) is 0 Å². The first-order chi connectivity index (χ1) is 8.49. The maximum Gasteiger partial charge on any atom is 0.231 e. The van der Waals surface area contributed by atoms with E-state index < -0.39 is 0 Å². The van der Waals surface area contributed by atoms with Crippen LogP contribution in [0, 0.1) is 0 Å². The summed E-state index contributed by atoms with van der Waals surface area (Å²) in [6, 6.07) is 3.92. The topological polar surface area (TPSA) is 27.7 Å². The zero-order valence-corrected chi connectivity index (χ0v) is 13.7. The van der Waals surface area contributed by atoms with Crippen LogP contribution in [0.5, 0.6) is 11.5 Å². The van der Waals surface area contributed by atoms with Gasteiger partial charge in [0.25, 0.3) is 0 Å². The Bertz CT molecular complexity index is 432. The van der Waals surface area contributed by atoms with Gasteiger partial charge >= 0.3 is 0 Å². The number of ether oxygens (including phenoxy) is 3. The molecule has 0 fully saturated rings. The van der Waals surface area contributed by atoms with Gasteiger partial charge < -0.3 is 14.2 Å². The Labute approximate surface area is 124 Å². The molecule has 1 heterocycles. The molecule has 1 aliphatic heterocycles. The van der Waals surface area contributed by atoms with Gasteiger partial charge in [-0.15, -0.1) is 0 Å². The fourth-order valence-electron chi connectivity index (χ4n) is 1.87. The standard InChI is InChI=1S/C13H16Br2O3/c1-7(2)18-13(8(3)14)9-4-11-12(5-10(9)15)17-6-16-11/h4-5,7-8,13H,6H2,1-3H3. The lowest BCUT2D eigenvalue weighted by molar-refractivity contribution is 0.00836. The van der Waals surface area contributed by atoms with Crippen LogP contribution in [-0.2, 0) is 4.74 Å². The van der Waals surface area contributed by atoms with Crippen LogP contribution in [-0.4, -0.2) is 17.7 Å². The zero-order chi connectivity index (χ0) is 13.3. The van der Waals surface area contributed by atoms with Crippen LogP contribution in [0.3, 0.4) is 0 Å². The lowest BCUT2D eigenvalue weighted by atomic mass is 10.1. The maximum atomic E-state index is 5.97. The van der Waals surface area contributed by atoms with Gasteiger partial charge in [-0.05, 0) is 32.9 Å². The summed E-state index contributed by atoms with van der Waals surface area (Å²) in [4.78, 5) is 0.205. The summed E-state index contributed by atoms with van der Waals surface area (Å²) >= 11 is 7.18. The minimum atomic E-state index is -0.0334. The molecule has 2 unspecified atom stereocenters. The second-order valence-electron chi connectivity index (χ2n) is 4.51. The second-order valence-corrected chi connectivity index (χ2v) is 6.81. The number of alkyl halides is 1. The Morgan fingerprint density at radius 3 is 2.33 bits per heavy atom. The van der Waals surface area contributed by atoms with Crippen molar-refractivity contribution < 1.29 is 14.2 Å². The SMILES string of the molecule is CC(C)OC(c1cc2c(cc1Br)OCO2)C(C)Br. The van der Waals surface area contributed by atoms with Gasteiger partial charge in [0.15, 0.2) is 11.5 Å². The average Bonchev–Trinajstić information content (AvgIpc) is 2.71. The predicted octanol–water partition coefficient (Wildman–Crippen LogP) is 4.43. The molecule has 2 rings (SSSR count). The summed E-state index contributed by atoms with van der Waals surface area (Å²) in [5.41, 5.74) is 1.07. The van der Waals surface area contributed by atoms with Crippen LogP contribution in [0.4, 0.5) is 0 Å². The highest BCUT2D eigenvalue weighted by molar-refractivity contribution is 9.10. The van der Waals surface area contributed by atoms with Crippen molar-refractivity contribution in [2.45, 2.75) is 37.8 Å². The van der Waals surface area contributed by atoms with Crippen molar-refractivity contribution in [3.8, 4) is 11.5 Å². The maximum absolute atomic E-state index is 5.97. The first-order valence-corrected chi connectivity index (χ1v) is 7.58. The smallest absolute Gasteiger partial charge is 0.231 e. The molecule has 0 saturated heterocycles. The van der Waals surface area contributed by atoms with Gasteiger partial charge in [-0.3, -0.25) is 0 Å². The van der Waals surface area contributed by atoms with Gasteiger partial charge in [0.2, 0.25) is 6.79 Å². The molecule has 2 atom stereocenters. The molecule has 0 spiro atoms. The van der Waals surface area contributed by atoms with Gasteiger partial charge in [-0.1, -0.05) is 31.9 Å². The van der Waals surface area contributed by atoms with E-state index in [0.29, 0.717) is 0 Å². The Morgan fingerprint density at radius 2 is 1.78 bits per heavy atom. The molecule has 0 saturated carbocycles. The summed E-state index contributed by atoms with van der Waals surface area (Å²) in [6.45, 7) is 6.42. The van der Waals surface area contributed by atoms with Crippen molar-refractivity contribution >= 4 is 31.9 Å². The molecular weight excluding hydrogens is 364 g/mol. The fourth-order valence-corrected chi connectivity index (χ4v) is 2.83. The Kier molecular flexibility index (Phi) is 4.56. The number of halogens is 2. The molecule has 3 nitrogen and oxygen atoms in total. The third-order valence-electron chi connectivity index (χ3n) is 2.63. The number of rotatable bonds is 4. The molecule has 5 heteroatoms. The lowest BCUT2D eigenvalue weighted by Crippen LogP contribution is -2.18. The van der Waals surface area contributed by atoms with Crippen molar-refractivity contribution in [1.82, 2.24) is 0 Å². The van der Waals surface area contributed by atoms with Gasteiger partial charge in [0.1, 0.15) is 0 Å². The highest BCUT2D eigenvalue weighted by atomic mass is 79.9. The molecule has 0 bridgehead atoms. The summed E-state index contributed by atoms with van der Waals surface area (Å²) in [5, 5.41) is 0. The summed E-state index contributed by atoms with van der Waals surface area (Å²) < 4.78 is 17.7. The van der Waals surface area contributed by atoms with Gasteiger partial charge in [-0.25, -0.2) is 0 Å². The molecule has 100 valence electrons. The lowest BCUT2D eigenvalue weighted by Gasteiger charge is -2.24. The van der Waals surface area contributed by atoms with Gasteiger partial charge in [0.05, 0.1) is 12.2 Å². The van der Waals surface area contributed by atoms with E-state index in [4.69, 9.17) is 14.2 Å². The number of fused-ring (bicyclic) bond motifs is 1. The molecule has 1 aromatic carbocycles. The van der Waals surface area contributed by atoms with Crippen molar-refractivity contribution in [3.63, 3.8) is 0 Å². The van der Waals surface area contributed by atoms with Gasteiger partial charge in [-0.2, -0.15) is 0 Å². The minimum absolute atomic E-state index is 0.0334. The van der Waals surface area contributed by atoms with E-state index in [2.05, 4.69) is 38.8 Å². The van der Waals surface area contributed by atoms with Crippen LogP contribution in [0.2, 0.25) is 0 Å². The monoisotopic (exact) mass is 378 g/mol. The van der Waals surface area contributed by atoms with E-state index in [-0.39, 0.29) is 23.8 Å². The van der Waals surface area contributed by atoms with Crippen molar-refractivity contribution in [2.75, 3.05) is 6.79 Å². The molecule has 0 amide bonds. The summed E-state index contributed by atoms with van der Waals surface area (Å²) in [6.07, 6.45) is 0.126. The van der Waals surface area contributed by atoms with Gasteiger partial charge in [0, 0.05) is 14.9 Å². The number of benzene rings is 1. The first kappa shape index (κ1) is 14.2. The highest BCUT2D eigenvalue weighted by Gasteiger charge is 2.25. The third kappa shape index (κ3) is 3.00. The van der Waals surface area contributed by atoms with E-state index in [9.17, 15) is 0 Å². The second kappa shape index (κ2) is 5.80. The van der Waals surface area contributed by atoms with E-state index in [1.807, 2.05) is 26.0 Å². The molecule has 1 aliphatic rings. The summed E-state index contributed by atoms with van der Waals surface area (Å²) in [7, 11) is 0. The molecule has 0 radical (unpaired) electrons. The number of hydrogen-bond acceptors (Lipinski definition) is 3. The van der Waals surface area contributed by atoms with Crippen LogP contribution >= 0.6 is 31.9 Å². The minimum Gasteiger partial charge on any atom is -0.454 e. The van der Waals surface area contributed by atoms with Crippen LogP contribution < -0.4 is 9.47 Å². The molecule has 1 aromatic rings. The van der Waals surface area contributed by atoms with Crippen LogP contribution in [0.1, 0.15) is 32.4 Å². The largest absolute Gasteiger partial charge is 0.454 e. The van der Waals surface area contributed by atoms with E-state index in [0.717, 1.165) is 21.5 Å². The number of hydrogen-bond donors (Lipinski definition) is 0. The van der Waals surface area contributed by atoms with Crippen molar-refractivity contribution in [1.29, 1.82) is 0 Å². The Morgan fingerprint density at radius 1 is 1.17 bits per heavy atom. The summed E-state index contributed by atoms with van der Waals surface area (Å²) in [5.74, 6) is 1.55. The molecular formula is C13H16Br2O3. The first-order valence-electron chi connectivity index (χ1n) is 5.87. The van der Waals surface area contributed by atoms with Crippen molar-refractivity contribution in [2.24, 2.45) is 0 Å². The zero-order valence-electron chi connectivity index (χ0n) is 10.6. The van der Waals surface area contributed by atoms with Crippen LogP contribution in [0.15, 0.2) is 16.6 Å². The molecule has 0 aromatic heterocycles. The predicted molar refractivity (Wildman–Crippen MR) is 77.6 cm³/mol. The van der Waals surface area contributed by atoms with Crippen molar-refractivity contribution in [3.05, 3.63) is 22.2 Å². The third-order valence-corrected chi connectivity index (χ3v) is 3.80. The Balaban J connectivity index is 2.35. The molecule has 0 aliphatic carbocycles. The fraction of sp³-hybridized carbons (Fsp3) is 0.538. The van der Waals surface area contributed by atoms with E-state index in [1.54, 1.807) is 0 Å². The molecule has 0 N–H and O–H groups in total. The highest BCUT2D eigenvalue weighted by Crippen LogP contribution is 2.41. The molecule has 18 heavy (non-hydrogen) atoms.